The topological polar surface area (TPSA) is 64.2 Å². The van der Waals surface area contributed by atoms with E-state index in [2.05, 4.69) is 5.16 Å². The molecular formula is C25H25ClN4O2. The van der Waals surface area contributed by atoms with Gasteiger partial charge in [-0.15, -0.1) is 0 Å². The fourth-order valence-corrected chi connectivity index (χ4v) is 3.88. The predicted molar refractivity (Wildman–Crippen MR) is 124 cm³/mol. The first kappa shape index (κ1) is 21.8. The highest BCUT2D eigenvalue weighted by molar-refractivity contribution is 6.31. The lowest BCUT2D eigenvalue weighted by atomic mass is 10.1. The molecule has 0 unspecified atom stereocenters. The van der Waals surface area contributed by atoms with Crippen molar-refractivity contribution in [1.82, 2.24) is 19.8 Å². The van der Waals surface area contributed by atoms with Gasteiger partial charge in [-0.2, -0.15) is 5.10 Å². The van der Waals surface area contributed by atoms with E-state index in [1.54, 1.807) is 11.9 Å². The third-order valence-electron chi connectivity index (χ3n) is 5.52. The fourth-order valence-electron chi connectivity index (χ4n) is 3.68. The van der Waals surface area contributed by atoms with Gasteiger partial charge in [-0.3, -0.25) is 9.48 Å². The molecule has 0 saturated carbocycles. The average Bonchev–Trinajstić information content (AvgIpc) is 3.33. The summed E-state index contributed by atoms with van der Waals surface area (Å²) in [6, 6.07) is 17.7. The highest BCUT2D eigenvalue weighted by Gasteiger charge is 2.19. The van der Waals surface area contributed by atoms with Crippen molar-refractivity contribution < 1.29 is 9.32 Å². The Labute approximate surface area is 192 Å². The molecule has 2 aromatic heterocycles. The first-order valence-electron chi connectivity index (χ1n) is 10.4. The fraction of sp³-hybridized carbons (Fsp3) is 0.240. The van der Waals surface area contributed by atoms with Crippen molar-refractivity contribution >= 4 is 17.5 Å². The molecule has 7 heteroatoms. The van der Waals surface area contributed by atoms with Gasteiger partial charge in [0.2, 0.25) is 5.91 Å². The summed E-state index contributed by atoms with van der Waals surface area (Å²) >= 11 is 6.35. The molecule has 4 aromatic rings. The molecule has 0 saturated heterocycles. The summed E-state index contributed by atoms with van der Waals surface area (Å²) in [7, 11) is 1.81. The maximum Gasteiger partial charge on any atom is 0.227 e. The number of hydrogen-bond donors (Lipinski definition) is 0. The molecule has 0 aliphatic rings. The molecule has 6 nitrogen and oxygen atoms in total. The number of likely N-dealkylation sites (N-methyl/N-ethyl adjacent to an activating group) is 1. The number of amides is 1. The van der Waals surface area contributed by atoms with Crippen LogP contribution in [0, 0.1) is 13.8 Å². The smallest absolute Gasteiger partial charge is 0.227 e. The number of halogens is 1. The highest BCUT2D eigenvalue weighted by Crippen LogP contribution is 2.25. The Hall–Kier alpha value is -3.38. The van der Waals surface area contributed by atoms with Crippen LogP contribution in [-0.2, 0) is 24.3 Å². The zero-order valence-corrected chi connectivity index (χ0v) is 19.1. The Morgan fingerprint density at radius 1 is 1.06 bits per heavy atom. The van der Waals surface area contributed by atoms with Crippen LogP contribution in [0.4, 0.5) is 0 Å². The van der Waals surface area contributed by atoms with E-state index in [4.69, 9.17) is 21.2 Å². The number of benzene rings is 2. The minimum Gasteiger partial charge on any atom is -0.361 e. The van der Waals surface area contributed by atoms with Gasteiger partial charge in [0.15, 0.2) is 0 Å². The van der Waals surface area contributed by atoms with Gasteiger partial charge in [0.25, 0.3) is 0 Å². The number of aryl methyl sites for hydroxylation is 2. The number of carbonyl (C=O) groups excluding carboxylic acids is 1. The van der Waals surface area contributed by atoms with Crippen molar-refractivity contribution in [3.05, 3.63) is 94.0 Å². The van der Waals surface area contributed by atoms with E-state index in [-0.39, 0.29) is 12.3 Å². The summed E-state index contributed by atoms with van der Waals surface area (Å²) in [6.45, 7) is 4.67. The van der Waals surface area contributed by atoms with Crippen LogP contribution < -0.4 is 0 Å². The number of nitrogens with zero attached hydrogens (tertiary/aromatic N) is 4. The Morgan fingerprint density at radius 3 is 2.47 bits per heavy atom. The van der Waals surface area contributed by atoms with Gasteiger partial charge in [0.05, 0.1) is 24.4 Å². The van der Waals surface area contributed by atoms with Crippen LogP contribution in [0.2, 0.25) is 5.02 Å². The summed E-state index contributed by atoms with van der Waals surface area (Å²) < 4.78 is 7.08. The first-order chi connectivity index (χ1) is 15.4. The first-order valence-corrected chi connectivity index (χ1v) is 10.8. The number of hydrogen-bond acceptors (Lipinski definition) is 4. The monoisotopic (exact) mass is 448 g/mol. The van der Waals surface area contributed by atoms with Crippen molar-refractivity contribution in [2.75, 3.05) is 7.05 Å². The summed E-state index contributed by atoms with van der Waals surface area (Å²) in [4.78, 5) is 14.6. The van der Waals surface area contributed by atoms with Crippen LogP contribution in [0.5, 0.6) is 0 Å². The van der Waals surface area contributed by atoms with Gasteiger partial charge in [-0.25, -0.2) is 0 Å². The third kappa shape index (κ3) is 4.75. The lowest BCUT2D eigenvalue weighted by Gasteiger charge is -2.17. The summed E-state index contributed by atoms with van der Waals surface area (Å²) in [6.07, 6.45) is 2.25. The zero-order chi connectivity index (χ0) is 22.7. The molecule has 0 bridgehead atoms. The molecule has 1 amide bonds. The van der Waals surface area contributed by atoms with Gasteiger partial charge in [-0.05, 0) is 25.5 Å². The van der Waals surface area contributed by atoms with Gasteiger partial charge >= 0.3 is 0 Å². The van der Waals surface area contributed by atoms with E-state index >= 15 is 0 Å². The maximum absolute atomic E-state index is 12.9. The van der Waals surface area contributed by atoms with Crippen LogP contribution in [0.25, 0.3) is 11.3 Å². The maximum atomic E-state index is 12.9. The summed E-state index contributed by atoms with van der Waals surface area (Å²) in [5.41, 5.74) is 5.42. The standard InChI is InChI=1S/C25H25ClN4O2/c1-17-22(18(2)32-28-17)13-24(31)29(3)14-21-16-30(15-20-11-7-8-12-23(20)26)27-25(21)19-9-5-4-6-10-19/h4-12,16H,13-15H2,1-3H3. The molecule has 0 aliphatic heterocycles. The van der Waals surface area contributed by atoms with Crippen LogP contribution >= 0.6 is 11.6 Å². The lowest BCUT2D eigenvalue weighted by Crippen LogP contribution is -2.28. The second kappa shape index (κ2) is 9.40. The number of rotatable bonds is 7. The molecule has 0 radical (unpaired) electrons. The van der Waals surface area contributed by atoms with E-state index in [0.29, 0.717) is 23.9 Å². The third-order valence-corrected chi connectivity index (χ3v) is 5.89. The Morgan fingerprint density at radius 2 is 1.78 bits per heavy atom. The number of aromatic nitrogens is 3. The van der Waals surface area contributed by atoms with Crippen molar-refractivity contribution in [1.29, 1.82) is 0 Å². The number of carbonyl (C=O) groups is 1. The van der Waals surface area contributed by atoms with E-state index in [9.17, 15) is 4.79 Å². The highest BCUT2D eigenvalue weighted by atomic mass is 35.5. The van der Waals surface area contributed by atoms with E-state index in [0.717, 1.165) is 33.6 Å². The SMILES string of the molecule is Cc1noc(C)c1CC(=O)N(C)Cc1cn(Cc2ccccc2Cl)nc1-c1ccccc1. The second-order valence-electron chi connectivity index (χ2n) is 7.89. The average molecular weight is 449 g/mol. The van der Waals surface area contributed by atoms with Crippen LogP contribution in [-0.4, -0.2) is 32.8 Å². The van der Waals surface area contributed by atoms with Gasteiger partial charge in [0.1, 0.15) is 5.76 Å². The van der Waals surface area contributed by atoms with Crippen molar-refractivity contribution in [3.63, 3.8) is 0 Å². The van der Waals surface area contributed by atoms with Gasteiger partial charge in [-0.1, -0.05) is 65.3 Å². The predicted octanol–water partition coefficient (Wildman–Crippen LogP) is 5.06. The van der Waals surface area contributed by atoms with Crippen LogP contribution in [0.1, 0.15) is 28.1 Å². The molecule has 2 aromatic carbocycles. The van der Waals surface area contributed by atoms with Crippen molar-refractivity contribution in [2.24, 2.45) is 0 Å². The Balaban J connectivity index is 1.59. The van der Waals surface area contributed by atoms with Gasteiger partial charge in [0, 0.05) is 41.5 Å². The van der Waals surface area contributed by atoms with Crippen LogP contribution in [0.15, 0.2) is 65.3 Å². The lowest BCUT2D eigenvalue weighted by molar-refractivity contribution is -0.129. The molecule has 4 rings (SSSR count). The molecule has 164 valence electrons. The molecule has 0 aliphatic carbocycles. The molecule has 0 fully saturated rings. The molecule has 2 heterocycles. The molecular weight excluding hydrogens is 424 g/mol. The summed E-state index contributed by atoms with van der Waals surface area (Å²) in [5.74, 6) is 0.680. The second-order valence-corrected chi connectivity index (χ2v) is 8.29. The van der Waals surface area contributed by atoms with Crippen molar-refractivity contribution in [3.8, 4) is 11.3 Å². The largest absolute Gasteiger partial charge is 0.361 e. The molecule has 32 heavy (non-hydrogen) atoms. The Bertz CT molecular complexity index is 1210. The Kier molecular flexibility index (Phi) is 6.42. The quantitative estimate of drug-likeness (QED) is 0.396. The zero-order valence-electron chi connectivity index (χ0n) is 18.4. The molecule has 0 atom stereocenters. The normalized spacial score (nSPS) is 11.0. The van der Waals surface area contributed by atoms with E-state index in [1.165, 1.54) is 0 Å². The van der Waals surface area contributed by atoms with Crippen molar-refractivity contribution in [2.45, 2.75) is 33.4 Å². The summed E-state index contributed by atoms with van der Waals surface area (Å²) in [5, 5.41) is 9.48. The molecule has 0 N–H and O–H groups in total. The van der Waals surface area contributed by atoms with E-state index in [1.807, 2.05) is 79.3 Å². The van der Waals surface area contributed by atoms with E-state index < -0.39 is 0 Å². The van der Waals surface area contributed by atoms with Gasteiger partial charge < -0.3 is 9.42 Å². The van der Waals surface area contributed by atoms with Crippen LogP contribution in [0.3, 0.4) is 0 Å². The minimum atomic E-state index is -0.00253. The minimum absolute atomic E-state index is 0.00253. The molecule has 0 spiro atoms.